The summed E-state index contributed by atoms with van der Waals surface area (Å²) in [5.74, 6) is -0.186. The highest BCUT2D eigenvalue weighted by molar-refractivity contribution is 7.17. The van der Waals surface area contributed by atoms with E-state index in [0.717, 1.165) is 17.5 Å². The maximum absolute atomic E-state index is 13.1. The van der Waals surface area contributed by atoms with Gasteiger partial charge in [-0.05, 0) is 31.2 Å². The number of amides is 1. The van der Waals surface area contributed by atoms with Gasteiger partial charge in [0.05, 0.1) is 11.7 Å². The normalized spacial score (nSPS) is 12.3. The zero-order valence-electron chi connectivity index (χ0n) is 17.1. The van der Waals surface area contributed by atoms with Crippen LogP contribution >= 0.6 is 11.3 Å². The van der Waals surface area contributed by atoms with Gasteiger partial charge in [0.1, 0.15) is 11.4 Å². The first-order valence-corrected chi connectivity index (χ1v) is 10.3. The molecule has 0 bridgehead atoms. The van der Waals surface area contributed by atoms with E-state index in [2.05, 4.69) is 31.1 Å². The lowest BCUT2D eigenvalue weighted by atomic mass is 9.82. The Bertz CT molecular complexity index is 1040. The average Bonchev–Trinajstić information content (AvgIpc) is 3.00. The number of aromatic nitrogens is 2. The van der Waals surface area contributed by atoms with Gasteiger partial charge in [-0.15, -0.1) is 11.3 Å². The molecule has 5 nitrogen and oxygen atoms in total. The van der Waals surface area contributed by atoms with Crippen LogP contribution in [0.1, 0.15) is 41.0 Å². The number of hydrogen-bond acceptors (Lipinski definition) is 4. The van der Waals surface area contributed by atoms with Crippen molar-refractivity contribution in [1.29, 1.82) is 0 Å². The molecule has 0 aliphatic carbocycles. The molecule has 0 atom stereocenters. The highest BCUT2D eigenvalue weighted by atomic mass is 32.1. The standard InChI is InChI=1S/C22H27N3O2S/c1-21(2,3)13-22(4,5)24-17(26)11-25-14-23-19-18(20(25)27)16(12-28-19)15-9-7-6-8-10-15/h6-10,12,14H,11,13H2,1-5H3,(H,24,26). The van der Waals surface area contributed by atoms with Gasteiger partial charge in [0, 0.05) is 16.5 Å². The van der Waals surface area contributed by atoms with E-state index in [0.29, 0.717) is 10.2 Å². The molecule has 0 saturated heterocycles. The van der Waals surface area contributed by atoms with E-state index in [4.69, 9.17) is 0 Å². The van der Waals surface area contributed by atoms with Crippen molar-refractivity contribution in [1.82, 2.24) is 14.9 Å². The number of carbonyl (C=O) groups excluding carboxylic acids is 1. The number of carbonyl (C=O) groups is 1. The van der Waals surface area contributed by atoms with Crippen molar-refractivity contribution in [3.8, 4) is 11.1 Å². The van der Waals surface area contributed by atoms with E-state index in [1.165, 1.54) is 22.2 Å². The Morgan fingerprint density at radius 3 is 2.46 bits per heavy atom. The molecule has 28 heavy (non-hydrogen) atoms. The predicted molar refractivity (Wildman–Crippen MR) is 116 cm³/mol. The van der Waals surface area contributed by atoms with Crippen LogP contribution in [0.25, 0.3) is 21.3 Å². The van der Waals surface area contributed by atoms with E-state index >= 15 is 0 Å². The Labute approximate surface area is 169 Å². The van der Waals surface area contributed by atoms with Crippen LogP contribution in [0.2, 0.25) is 0 Å². The molecule has 0 radical (unpaired) electrons. The van der Waals surface area contributed by atoms with Crippen LogP contribution in [0.3, 0.4) is 0 Å². The number of fused-ring (bicyclic) bond motifs is 1. The molecule has 6 heteroatoms. The van der Waals surface area contributed by atoms with E-state index in [1.807, 2.05) is 49.6 Å². The van der Waals surface area contributed by atoms with Gasteiger partial charge in [0.2, 0.25) is 5.91 Å². The summed E-state index contributed by atoms with van der Waals surface area (Å²) in [6.07, 6.45) is 2.30. The minimum atomic E-state index is -0.353. The van der Waals surface area contributed by atoms with Crippen LogP contribution in [0, 0.1) is 5.41 Å². The quantitative estimate of drug-likeness (QED) is 0.691. The summed E-state index contributed by atoms with van der Waals surface area (Å²) in [6, 6.07) is 9.77. The molecular formula is C22H27N3O2S. The summed E-state index contributed by atoms with van der Waals surface area (Å²) in [7, 11) is 0. The fourth-order valence-corrected chi connectivity index (χ4v) is 4.76. The molecular weight excluding hydrogens is 370 g/mol. The van der Waals surface area contributed by atoms with Crippen LogP contribution < -0.4 is 10.9 Å². The summed E-state index contributed by atoms with van der Waals surface area (Å²) in [4.78, 5) is 30.7. The largest absolute Gasteiger partial charge is 0.350 e. The fourth-order valence-electron chi connectivity index (χ4n) is 3.85. The Balaban J connectivity index is 1.87. The third kappa shape index (κ3) is 4.68. The van der Waals surface area contributed by atoms with E-state index in [9.17, 15) is 9.59 Å². The first-order chi connectivity index (χ1) is 13.1. The van der Waals surface area contributed by atoms with Crippen molar-refractivity contribution in [3.63, 3.8) is 0 Å². The van der Waals surface area contributed by atoms with Crippen LogP contribution in [0.5, 0.6) is 0 Å². The minimum absolute atomic E-state index is 0.0422. The first kappa shape index (κ1) is 20.3. The van der Waals surface area contributed by atoms with Crippen molar-refractivity contribution in [2.45, 2.75) is 53.1 Å². The van der Waals surface area contributed by atoms with Gasteiger partial charge in [-0.3, -0.25) is 14.2 Å². The third-order valence-electron chi connectivity index (χ3n) is 4.41. The van der Waals surface area contributed by atoms with Gasteiger partial charge in [-0.25, -0.2) is 4.98 Å². The Hall–Kier alpha value is -2.47. The number of nitrogens with zero attached hydrogens (tertiary/aromatic N) is 2. The zero-order valence-corrected chi connectivity index (χ0v) is 17.9. The third-order valence-corrected chi connectivity index (χ3v) is 5.30. The Morgan fingerprint density at radius 2 is 1.82 bits per heavy atom. The highest BCUT2D eigenvalue weighted by Gasteiger charge is 2.27. The van der Waals surface area contributed by atoms with E-state index in [-0.39, 0.29) is 29.0 Å². The SMILES string of the molecule is CC(C)(C)CC(C)(C)NC(=O)Cn1cnc2scc(-c3ccccc3)c2c1=O. The summed E-state index contributed by atoms with van der Waals surface area (Å²) in [5.41, 5.74) is 1.39. The van der Waals surface area contributed by atoms with Gasteiger partial charge in [0.25, 0.3) is 5.56 Å². The summed E-state index contributed by atoms with van der Waals surface area (Å²) >= 11 is 1.44. The molecule has 0 unspecified atom stereocenters. The van der Waals surface area contributed by atoms with Gasteiger partial charge in [0.15, 0.2) is 0 Å². The lowest BCUT2D eigenvalue weighted by molar-refractivity contribution is -0.123. The first-order valence-electron chi connectivity index (χ1n) is 9.39. The summed E-state index contributed by atoms with van der Waals surface area (Å²) in [5, 5.41) is 5.57. The monoisotopic (exact) mass is 397 g/mol. The maximum Gasteiger partial charge on any atom is 0.263 e. The summed E-state index contributed by atoms with van der Waals surface area (Å²) < 4.78 is 1.39. The minimum Gasteiger partial charge on any atom is -0.350 e. The molecule has 148 valence electrons. The fraction of sp³-hybridized carbons (Fsp3) is 0.409. The number of benzene rings is 1. The van der Waals surface area contributed by atoms with Crippen LogP contribution in [0.4, 0.5) is 0 Å². The molecule has 1 N–H and O–H groups in total. The van der Waals surface area contributed by atoms with Crippen molar-refractivity contribution < 1.29 is 4.79 Å². The topological polar surface area (TPSA) is 64.0 Å². The molecule has 3 rings (SSSR count). The number of thiophene rings is 1. The maximum atomic E-state index is 13.1. The zero-order chi connectivity index (χ0) is 20.5. The van der Waals surface area contributed by atoms with Crippen molar-refractivity contribution in [2.24, 2.45) is 5.41 Å². The molecule has 2 aromatic heterocycles. The Kier molecular flexibility index (Phi) is 5.44. The van der Waals surface area contributed by atoms with Gasteiger partial charge in [-0.1, -0.05) is 51.1 Å². The number of nitrogens with one attached hydrogen (secondary N) is 1. The molecule has 0 spiro atoms. The average molecular weight is 398 g/mol. The van der Waals surface area contributed by atoms with Crippen molar-refractivity contribution in [3.05, 3.63) is 52.4 Å². The van der Waals surface area contributed by atoms with Crippen molar-refractivity contribution >= 4 is 27.5 Å². The van der Waals surface area contributed by atoms with Crippen LogP contribution in [-0.2, 0) is 11.3 Å². The van der Waals surface area contributed by atoms with Crippen LogP contribution in [0.15, 0.2) is 46.8 Å². The molecule has 2 heterocycles. The summed E-state index contributed by atoms with van der Waals surface area (Å²) in [6.45, 7) is 10.4. The molecule has 3 aromatic rings. The van der Waals surface area contributed by atoms with E-state index < -0.39 is 0 Å². The predicted octanol–water partition coefficient (Wildman–Crippen LogP) is 4.46. The number of hydrogen-bond donors (Lipinski definition) is 1. The highest BCUT2D eigenvalue weighted by Crippen LogP contribution is 2.30. The molecule has 0 fully saturated rings. The molecule has 1 aromatic carbocycles. The second kappa shape index (κ2) is 7.51. The lowest BCUT2D eigenvalue weighted by Gasteiger charge is -2.33. The van der Waals surface area contributed by atoms with Crippen LogP contribution in [-0.4, -0.2) is 21.0 Å². The second-order valence-electron chi connectivity index (χ2n) is 9.04. The molecule has 0 aliphatic heterocycles. The van der Waals surface area contributed by atoms with Gasteiger partial charge < -0.3 is 5.32 Å². The second-order valence-corrected chi connectivity index (χ2v) is 9.90. The number of rotatable bonds is 5. The Morgan fingerprint density at radius 1 is 1.14 bits per heavy atom. The van der Waals surface area contributed by atoms with Gasteiger partial charge >= 0.3 is 0 Å². The smallest absolute Gasteiger partial charge is 0.263 e. The lowest BCUT2D eigenvalue weighted by Crippen LogP contribution is -2.47. The molecule has 0 aliphatic rings. The van der Waals surface area contributed by atoms with Gasteiger partial charge in [-0.2, -0.15) is 0 Å². The molecule has 1 amide bonds. The molecule has 0 saturated carbocycles. The van der Waals surface area contributed by atoms with Crippen molar-refractivity contribution in [2.75, 3.05) is 0 Å². The van der Waals surface area contributed by atoms with E-state index in [1.54, 1.807) is 0 Å².